The van der Waals surface area contributed by atoms with E-state index in [1.54, 1.807) is 32.1 Å². The summed E-state index contributed by atoms with van der Waals surface area (Å²) in [5.41, 5.74) is 0. The van der Waals surface area contributed by atoms with Crippen LogP contribution >= 0.6 is 0 Å². The Morgan fingerprint density at radius 2 is 1.40 bits per heavy atom. The van der Waals surface area contributed by atoms with Crippen LogP contribution in [0, 0.1) is 11.8 Å². The van der Waals surface area contributed by atoms with Gasteiger partial charge in [-0.25, -0.2) is 17.0 Å². The number of rotatable bonds is 9. The third-order valence-corrected chi connectivity index (χ3v) is 24.5. The van der Waals surface area contributed by atoms with Crippen LogP contribution in [-0.2, 0) is 28.6 Å². The summed E-state index contributed by atoms with van der Waals surface area (Å²) in [6, 6.07) is 8.87. The fourth-order valence-corrected chi connectivity index (χ4v) is 11.1. The third-order valence-electron chi connectivity index (χ3n) is 10.4. The molecule has 1 heterocycles. The maximum Gasteiger partial charge on any atom is 0.219 e. The van der Waals surface area contributed by atoms with Crippen molar-refractivity contribution in [2.45, 2.75) is 141 Å². The molecule has 0 bridgehead atoms. The Bertz CT molecular complexity index is 1490. The molecule has 0 aliphatic carbocycles. The first-order valence-electron chi connectivity index (χ1n) is 17.0. The molecule has 1 aliphatic heterocycles. The summed E-state index contributed by atoms with van der Waals surface area (Å²) in [6.07, 6.45) is 5.97. The minimum atomic E-state index is -3.79. The first kappa shape index (κ1) is 42.1. The van der Waals surface area contributed by atoms with Gasteiger partial charge in [-0.05, 0) is 87.4 Å². The summed E-state index contributed by atoms with van der Waals surface area (Å²) < 4.78 is 63.5. The van der Waals surface area contributed by atoms with Crippen LogP contribution in [0.1, 0.15) is 82.6 Å². The van der Waals surface area contributed by atoms with Gasteiger partial charge in [0.05, 0.1) is 33.3 Å². The summed E-state index contributed by atoms with van der Waals surface area (Å²) in [4.78, 5) is 1.24. The van der Waals surface area contributed by atoms with Gasteiger partial charge in [0.1, 0.15) is 9.73 Å². The predicted octanol–water partition coefficient (Wildman–Crippen LogP) is 9.47. The Morgan fingerprint density at radius 3 is 1.85 bits per heavy atom. The standard InChI is InChI=1S/C36H66N2O5S2Si2/c1-28(2)30-26-33(44(39,37-12)29-22-18-17-19-23-29)32(43-47(15,16)36(9,10)11)24-20-21-25-38(45(40,41)34(3,4)5)31(30)27-42-46(13,14)35(6,7)8/h17-23,26,28,30-32H,24-25,27H2,1-16H3/b21-20+,33-26+/t30?,31-,32+,44?/m1/s1. The van der Waals surface area contributed by atoms with Crippen LogP contribution in [0.3, 0.4) is 0 Å². The van der Waals surface area contributed by atoms with Gasteiger partial charge in [-0.15, -0.1) is 0 Å². The molecule has 1 aliphatic rings. The van der Waals surface area contributed by atoms with Gasteiger partial charge in [-0.2, -0.15) is 4.31 Å². The first-order chi connectivity index (χ1) is 21.1. The highest BCUT2D eigenvalue weighted by Gasteiger charge is 2.46. The minimum absolute atomic E-state index is 0.0103. The quantitative estimate of drug-likeness (QED) is 0.187. The van der Waals surface area contributed by atoms with Crippen LogP contribution < -0.4 is 0 Å². The molecule has 0 saturated carbocycles. The Kier molecular flexibility index (Phi) is 13.5. The van der Waals surface area contributed by atoms with Gasteiger partial charge in [0.2, 0.25) is 10.0 Å². The number of sulfonamides is 1. The summed E-state index contributed by atoms with van der Waals surface area (Å²) in [5.74, 6) is -0.348. The lowest BCUT2D eigenvalue weighted by molar-refractivity contribution is 0.143. The van der Waals surface area contributed by atoms with Crippen molar-refractivity contribution in [3.05, 3.63) is 53.5 Å². The van der Waals surface area contributed by atoms with Crippen molar-refractivity contribution in [1.82, 2.24) is 4.31 Å². The fourth-order valence-electron chi connectivity index (χ4n) is 5.08. The summed E-state index contributed by atoms with van der Waals surface area (Å²) in [7, 11) is -9.93. The van der Waals surface area contributed by atoms with E-state index in [1.807, 2.05) is 42.5 Å². The van der Waals surface area contributed by atoms with Crippen molar-refractivity contribution >= 4 is 36.4 Å². The molecule has 0 radical (unpaired) electrons. The van der Waals surface area contributed by atoms with Gasteiger partial charge in [0, 0.05) is 13.6 Å². The Balaban J connectivity index is 3.06. The zero-order chi connectivity index (χ0) is 36.4. The van der Waals surface area contributed by atoms with Crippen LogP contribution in [0.5, 0.6) is 0 Å². The molecule has 7 nitrogen and oxygen atoms in total. The van der Waals surface area contributed by atoms with Crippen molar-refractivity contribution in [2.75, 3.05) is 20.2 Å². The third kappa shape index (κ3) is 9.58. The van der Waals surface area contributed by atoms with Crippen LogP contribution in [0.4, 0.5) is 0 Å². The summed E-state index contributed by atoms with van der Waals surface area (Å²) in [6.45, 7) is 32.0. The molecule has 0 fully saturated rings. The monoisotopic (exact) mass is 726 g/mol. The lowest BCUT2D eigenvalue weighted by Crippen LogP contribution is -2.55. The predicted molar refractivity (Wildman–Crippen MR) is 206 cm³/mol. The van der Waals surface area contributed by atoms with Crippen molar-refractivity contribution in [1.29, 1.82) is 0 Å². The van der Waals surface area contributed by atoms with Crippen molar-refractivity contribution in [3.8, 4) is 0 Å². The molecule has 47 heavy (non-hydrogen) atoms. The molecule has 1 aromatic carbocycles. The fraction of sp³-hybridized carbons (Fsp3) is 0.722. The number of benzene rings is 1. The molecule has 0 N–H and O–H groups in total. The molecule has 4 atom stereocenters. The lowest BCUT2D eigenvalue weighted by atomic mass is 9.87. The van der Waals surface area contributed by atoms with Crippen molar-refractivity contribution in [3.63, 3.8) is 0 Å². The molecule has 11 heteroatoms. The van der Waals surface area contributed by atoms with E-state index in [2.05, 4.69) is 92.0 Å². The van der Waals surface area contributed by atoms with Gasteiger partial charge in [0.25, 0.3) is 0 Å². The number of hydrogen-bond acceptors (Lipinski definition) is 6. The maximum absolute atomic E-state index is 15.4. The topological polar surface area (TPSA) is 85.3 Å². The van der Waals surface area contributed by atoms with Crippen LogP contribution in [0.25, 0.3) is 0 Å². The minimum Gasteiger partial charge on any atom is -0.415 e. The SMILES string of the molecule is CN=S(=O)(/C1=C/C(C(C)C)[C@@H](CO[Si](C)(C)C(C)(C)C)N(S(=O)(=O)C(C)(C)C)C/C=C/C[C@@H]1O[Si](C)(C)C(C)(C)C)c1ccccc1. The molecular formula is C36H66N2O5S2Si2. The molecule has 1 aromatic rings. The van der Waals surface area contributed by atoms with E-state index in [9.17, 15) is 8.42 Å². The highest BCUT2D eigenvalue weighted by molar-refractivity contribution is 7.97. The molecule has 0 saturated heterocycles. The molecule has 2 unspecified atom stereocenters. The van der Waals surface area contributed by atoms with E-state index in [-0.39, 0.29) is 35.1 Å². The Morgan fingerprint density at radius 1 is 0.872 bits per heavy atom. The zero-order valence-corrected chi connectivity index (χ0v) is 35.9. The Hall–Kier alpha value is -1.09. The smallest absolute Gasteiger partial charge is 0.219 e. The molecular weight excluding hydrogens is 661 g/mol. The van der Waals surface area contributed by atoms with Gasteiger partial charge in [-0.3, -0.25) is 0 Å². The van der Waals surface area contributed by atoms with Crippen LogP contribution in [0.2, 0.25) is 36.3 Å². The lowest BCUT2D eigenvalue weighted by Gasteiger charge is -2.44. The molecule has 0 spiro atoms. The average molecular weight is 727 g/mol. The second-order valence-corrected chi connectivity index (χ2v) is 31.9. The van der Waals surface area contributed by atoms with Gasteiger partial charge in [0.15, 0.2) is 16.6 Å². The van der Waals surface area contributed by atoms with Crippen LogP contribution in [0.15, 0.2) is 62.7 Å². The van der Waals surface area contributed by atoms with E-state index < -0.39 is 53.3 Å². The molecule has 270 valence electrons. The molecule has 2 rings (SSSR count). The average Bonchev–Trinajstić information content (AvgIpc) is 2.92. The second kappa shape index (κ2) is 15.0. The largest absolute Gasteiger partial charge is 0.415 e. The van der Waals surface area contributed by atoms with E-state index >= 15 is 4.21 Å². The van der Waals surface area contributed by atoms with Gasteiger partial charge >= 0.3 is 0 Å². The molecule has 0 aromatic heterocycles. The van der Waals surface area contributed by atoms with Gasteiger partial charge in [-0.1, -0.05) is 91.8 Å². The van der Waals surface area contributed by atoms with Crippen LogP contribution in [-0.4, -0.2) is 70.7 Å². The highest BCUT2D eigenvalue weighted by atomic mass is 32.2. The maximum atomic E-state index is 15.4. The van der Waals surface area contributed by atoms with Crippen molar-refractivity contribution in [2.24, 2.45) is 16.2 Å². The molecule has 0 amide bonds. The normalized spacial score (nSPS) is 24.7. The van der Waals surface area contributed by atoms with E-state index in [4.69, 9.17) is 8.85 Å². The number of nitrogens with zero attached hydrogens (tertiary/aromatic N) is 2. The van der Waals surface area contributed by atoms with Gasteiger partial charge < -0.3 is 8.85 Å². The first-order valence-corrected chi connectivity index (χ1v) is 25.8. The Labute approximate surface area is 291 Å². The van der Waals surface area contributed by atoms with E-state index in [0.29, 0.717) is 16.2 Å². The second-order valence-electron chi connectivity index (χ2n) is 17.3. The summed E-state index contributed by atoms with van der Waals surface area (Å²) >= 11 is 0. The summed E-state index contributed by atoms with van der Waals surface area (Å²) in [5, 5.41) is -0.140. The zero-order valence-electron chi connectivity index (χ0n) is 32.3. The van der Waals surface area contributed by atoms with E-state index in [1.165, 1.54) is 0 Å². The van der Waals surface area contributed by atoms with E-state index in [0.717, 1.165) is 0 Å². The number of hydrogen-bond donors (Lipinski definition) is 0. The van der Waals surface area contributed by atoms with Crippen molar-refractivity contribution < 1.29 is 21.5 Å². The highest BCUT2D eigenvalue weighted by Crippen LogP contribution is 2.42.